The lowest BCUT2D eigenvalue weighted by Crippen LogP contribution is -2.31. The monoisotopic (exact) mass is 227 g/mol. The first-order chi connectivity index (χ1) is 7.52. The zero-order valence-corrected chi connectivity index (χ0v) is 9.39. The molecule has 4 heteroatoms. The molecule has 1 rings (SSSR count). The Morgan fingerprint density at radius 1 is 1.31 bits per heavy atom. The fourth-order valence-electron chi connectivity index (χ4n) is 1.23. The van der Waals surface area contributed by atoms with Gasteiger partial charge in [0.1, 0.15) is 11.6 Å². The molecular weight excluding hydrogens is 212 g/mol. The van der Waals surface area contributed by atoms with Gasteiger partial charge >= 0.3 is 0 Å². The van der Waals surface area contributed by atoms with E-state index in [4.69, 9.17) is 0 Å². The first-order valence-corrected chi connectivity index (χ1v) is 5.25. The van der Waals surface area contributed by atoms with Crippen LogP contribution in [0.1, 0.15) is 30.6 Å². The SMILES string of the molecule is CCC(C)NCC(=O)c1cc(F)cc(F)c1. The molecule has 0 radical (unpaired) electrons. The zero-order chi connectivity index (χ0) is 12.1. The fourth-order valence-corrected chi connectivity index (χ4v) is 1.23. The van der Waals surface area contributed by atoms with E-state index in [1.807, 2.05) is 13.8 Å². The molecule has 0 saturated heterocycles. The van der Waals surface area contributed by atoms with E-state index in [1.165, 1.54) is 0 Å². The number of benzene rings is 1. The Labute approximate surface area is 93.7 Å². The quantitative estimate of drug-likeness (QED) is 0.783. The van der Waals surface area contributed by atoms with Crippen LogP contribution in [0.5, 0.6) is 0 Å². The standard InChI is InChI=1S/C12H15F2NO/c1-3-8(2)15-7-12(16)9-4-10(13)6-11(14)5-9/h4-6,8,15H,3,7H2,1-2H3. The van der Waals surface area contributed by atoms with Crippen molar-refractivity contribution >= 4 is 5.78 Å². The van der Waals surface area contributed by atoms with Gasteiger partial charge in [0.15, 0.2) is 5.78 Å². The molecule has 0 aromatic heterocycles. The molecule has 0 aliphatic carbocycles. The van der Waals surface area contributed by atoms with Crippen molar-refractivity contribution in [1.29, 1.82) is 0 Å². The van der Waals surface area contributed by atoms with Gasteiger partial charge in [0.25, 0.3) is 0 Å². The van der Waals surface area contributed by atoms with Crippen LogP contribution < -0.4 is 5.32 Å². The summed E-state index contributed by atoms with van der Waals surface area (Å²) in [5.74, 6) is -1.77. The second-order valence-corrected chi connectivity index (χ2v) is 3.77. The van der Waals surface area contributed by atoms with Crippen molar-refractivity contribution in [2.24, 2.45) is 0 Å². The molecule has 0 heterocycles. The summed E-state index contributed by atoms with van der Waals surface area (Å²) in [6.07, 6.45) is 0.894. The zero-order valence-electron chi connectivity index (χ0n) is 9.39. The summed E-state index contributed by atoms with van der Waals surface area (Å²) in [6.45, 7) is 4.03. The molecule has 1 unspecified atom stereocenters. The highest BCUT2D eigenvalue weighted by molar-refractivity contribution is 5.97. The third-order valence-corrected chi connectivity index (χ3v) is 2.41. The highest BCUT2D eigenvalue weighted by Gasteiger charge is 2.09. The van der Waals surface area contributed by atoms with Crippen LogP contribution in [0, 0.1) is 11.6 Å². The summed E-state index contributed by atoms with van der Waals surface area (Å²) in [4.78, 5) is 11.6. The Balaban J connectivity index is 2.66. The molecule has 1 aromatic rings. The lowest BCUT2D eigenvalue weighted by atomic mass is 10.1. The predicted octanol–water partition coefficient (Wildman–Crippen LogP) is 2.54. The number of Topliss-reactive ketones (excluding diaryl/α,β-unsaturated/α-hetero) is 1. The number of hydrogen-bond acceptors (Lipinski definition) is 2. The summed E-state index contributed by atoms with van der Waals surface area (Å²) in [7, 11) is 0. The van der Waals surface area contributed by atoms with E-state index in [0.29, 0.717) is 0 Å². The van der Waals surface area contributed by atoms with Gasteiger partial charge in [0.2, 0.25) is 0 Å². The van der Waals surface area contributed by atoms with Gasteiger partial charge in [-0.3, -0.25) is 4.79 Å². The predicted molar refractivity (Wildman–Crippen MR) is 58.4 cm³/mol. The molecule has 0 fully saturated rings. The van der Waals surface area contributed by atoms with Gasteiger partial charge in [0, 0.05) is 17.7 Å². The minimum Gasteiger partial charge on any atom is -0.307 e. The average Bonchev–Trinajstić information content (AvgIpc) is 2.23. The minimum absolute atomic E-state index is 0.0632. The number of rotatable bonds is 5. The fraction of sp³-hybridized carbons (Fsp3) is 0.417. The smallest absolute Gasteiger partial charge is 0.176 e. The lowest BCUT2D eigenvalue weighted by Gasteiger charge is -2.10. The lowest BCUT2D eigenvalue weighted by molar-refractivity contribution is 0.0986. The number of hydrogen-bond donors (Lipinski definition) is 1. The van der Waals surface area contributed by atoms with Gasteiger partial charge in [0.05, 0.1) is 6.54 Å². The molecule has 0 spiro atoms. The maximum Gasteiger partial charge on any atom is 0.176 e. The minimum atomic E-state index is -0.730. The van der Waals surface area contributed by atoms with Crippen molar-refractivity contribution in [2.75, 3.05) is 6.54 Å². The average molecular weight is 227 g/mol. The van der Waals surface area contributed by atoms with Gasteiger partial charge in [-0.15, -0.1) is 0 Å². The maximum absolute atomic E-state index is 12.8. The molecule has 1 N–H and O–H groups in total. The van der Waals surface area contributed by atoms with Crippen LogP contribution in [-0.2, 0) is 0 Å². The van der Waals surface area contributed by atoms with Crippen molar-refractivity contribution in [3.05, 3.63) is 35.4 Å². The topological polar surface area (TPSA) is 29.1 Å². The normalized spacial score (nSPS) is 12.5. The highest BCUT2D eigenvalue weighted by Crippen LogP contribution is 2.08. The maximum atomic E-state index is 12.8. The van der Waals surface area contributed by atoms with Crippen LogP contribution in [0.25, 0.3) is 0 Å². The van der Waals surface area contributed by atoms with E-state index >= 15 is 0 Å². The highest BCUT2D eigenvalue weighted by atomic mass is 19.1. The van der Waals surface area contributed by atoms with Gasteiger partial charge in [-0.2, -0.15) is 0 Å². The second kappa shape index (κ2) is 5.70. The van der Waals surface area contributed by atoms with Crippen molar-refractivity contribution in [3.8, 4) is 0 Å². The van der Waals surface area contributed by atoms with E-state index in [9.17, 15) is 13.6 Å². The van der Waals surface area contributed by atoms with Crippen molar-refractivity contribution < 1.29 is 13.6 Å². The van der Waals surface area contributed by atoms with Crippen LogP contribution in [0.15, 0.2) is 18.2 Å². The summed E-state index contributed by atoms with van der Waals surface area (Å²) >= 11 is 0. The Morgan fingerprint density at radius 2 is 1.88 bits per heavy atom. The molecule has 16 heavy (non-hydrogen) atoms. The van der Waals surface area contributed by atoms with E-state index in [-0.39, 0.29) is 23.9 Å². The molecular formula is C12H15F2NO. The molecule has 0 saturated carbocycles. The largest absolute Gasteiger partial charge is 0.307 e. The number of halogens is 2. The van der Waals surface area contributed by atoms with Gasteiger partial charge in [-0.1, -0.05) is 6.92 Å². The van der Waals surface area contributed by atoms with Crippen LogP contribution >= 0.6 is 0 Å². The second-order valence-electron chi connectivity index (χ2n) is 3.77. The van der Waals surface area contributed by atoms with Crippen molar-refractivity contribution in [2.45, 2.75) is 26.3 Å². The van der Waals surface area contributed by atoms with E-state index < -0.39 is 11.6 Å². The van der Waals surface area contributed by atoms with Crippen LogP contribution in [0.3, 0.4) is 0 Å². The number of nitrogens with one attached hydrogen (secondary N) is 1. The Hall–Kier alpha value is -1.29. The molecule has 88 valence electrons. The van der Waals surface area contributed by atoms with Gasteiger partial charge in [-0.05, 0) is 25.5 Å². The van der Waals surface area contributed by atoms with E-state index in [0.717, 1.165) is 24.6 Å². The molecule has 0 aliphatic heterocycles. The van der Waals surface area contributed by atoms with Crippen LogP contribution in [0.2, 0.25) is 0 Å². The third kappa shape index (κ3) is 3.70. The Bertz CT molecular complexity index is 359. The Kier molecular flexibility index (Phi) is 4.55. The molecule has 1 aromatic carbocycles. The summed E-state index contributed by atoms with van der Waals surface area (Å²) < 4.78 is 25.7. The van der Waals surface area contributed by atoms with Gasteiger partial charge < -0.3 is 5.32 Å². The summed E-state index contributed by atoms with van der Waals surface area (Å²) in [5.41, 5.74) is 0.0632. The molecule has 2 nitrogen and oxygen atoms in total. The molecule has 0 aliphatic rings. The third-order valence-electron chi connectivity index (χ3n) is 2.41. The van der Waals surface area contributed by atoms with Crippen molar-refractivity contribution in [3.63, 3.8) is 0 Å². The number of carbonyl (C=O) groups excluding carboxylic acids is 1. The molecule has 0 amide bonds. The molecule has 1 atom stereocenters. The van der Waals surface area contributed by atoms with Crippen molar-refractivity contribution in [1.82, 2.24) is 5.32 Å². The van der Waals surface area contributed by atoms with E-state index in [1.54, 1.807) is 0 Å². The number of ketones is 1. The first kappa shape index (κ1) is 12.8. The van der Waals surface area contributed by atoms with E-state index in [2.05, 4.69) is 5.32 Å². The Morgan fingerprint density at radius 3 is 2.38 bits per heavy atom. The molecule has 0 bridgehead atoms. The van der Waals surface area contributed by atoms with Crippen LogP contribution in [-0.4, -0.2) is 18.4 Å². The first-order valence-electron chi connectivity index (χ1n) is 5.25. The summed E-state index contributed by atoms with van der Waals surface area (Å²) in [5, 5.41) is 2.98. The number of carbonyl (C=O) groups is 1. The summed E-state index contributed by atoms with van der Waals surface area (Å²) in [6, 6.07) is 3.05. The van der Waals surface area contributed by atoms with Crippen LogP contribution in [0.4, 0.5) is 8.78 Å². The van der Waals surface area contributed by atoms with Gasteiger partial charge in [-0.25, -0.2) is 8.78 Å².